The zero-order chi connectivity index (χ0) is 17.6. The molecule has 7 heteroatoms. The van der Waals surface area contributed by atoms with Crippen molar-refractivity contribution < 1.29 is 9.90 Å². The van der Waals surface area contributed by atoms with E-state index in [-0.39, 0.29) is 17.3 Å². The molecule has 2 heterocycles. The average molecular weight is 334 g/mol. The number of hydrogen-bond acceptors (Lipinski definition) is 5. The summed E-state index contributed by atoms with van der Waals surface area (Å²) < 4.78 is 1.66. The molecule has 3 aromatic rings. The zero-order valence-electron chi connectivity index (χ0n) is 13.3. The van der Waals surface area contributed by atoms with Gasteiger partial charge in [-0.15, -0.1) is 0 Å². The highest BCUT2D eigenvalue weighted by atomic mass is 16.4. The molecule has 25 heavy (non-hydrogen) atoms. The van der Waals surface area contributed by atoms with Crippen molar-refractivity contribution in [1.82, 2.24) is 14.8 Å². The first kappa shape index (κ1) is 15.1. The molecule has 1 aromatic heterocycles. The third-order valence-corrected chi connectivity index (χ3v) is 4.17. The maximum Gasteiger partial charge on any atom is 0.335 e. The number of aryl methyl sites for hydroxylation is 1. The fraction of sp³-hybridized carbons (Fsp3) is 0.111. The summed E-state index contributed by atoms with van der Waals surface area (Å²) in [6, 6.07) is 14.1. The van der Waals surface area contributed by atoms with Gasteiger partial charge in [-0.2, -0.15) is 10.1 Å². The maximum atomic E-state index is 12.0. The summed E-state index contributed by atoms with van der Waals surface area (Å²) in [5, 5.41) is 16.8. The number of nitrogens with one attached hydrogen (secondary N) is 1. The molecule has 0 saturated carbocycles. The van der Waals surface area contributed by atoms with E-state index in [0.717, 1.165) is 16.8 Å². The molecule has 124 valence electrons. The minimum Gasteiger partial charge on any atom is -0.478 e. The number of carbonyl (C=O) groups is 1. The standard InChI is InChI=1S/C18H14N4O3/c1-10-17(23)20-16-13-4-2-3-5-14(13)19-15(22(16)21-10)11-6-8-12(9-7-11)18(24)25/h2-9,15,19H,1H3,(H,24,25)/t15-/m0/s1. The molecule has 0 unspecified atom stereocenters. The highest BCUT2D eigenvalue weighted by Crippen LogP contribution is 2.35. The molecule has 2 N–H and O–H groups in total. The van der Waals surface area contributed by atoms with E-state index < -0.39 is 5.97 Å². The van der Waals surface area contributed by atoms with Gasteiger partial charge in [0.1, 0.15) is 11.9 Å². The molecule has 0 bridgehead atoms. The van der Waals surface area contributed by atoms with Gasteiger partial charge in [0.25, 0.3) is 5.56 Å². The highest BCUT2D eigenvalue weighted by molar-refractivity contribution is 5.87. The van der Waals surface area contributed by atoms with Crippen LogP contribution in [0.4, 0.5) is 5.69 Å². The molecule has 4 rings (SSSR count). The molecule has 1 aliphatic heterocycles. The first-order valence-corrected chi connectivity index (χ1v) is 7.71. The first-order chi connectivity index (χ1) is 12.0. The van der Waals surface area contributed by atoms with Crippen LogP contribution in [0.25, 0.3) is 11.4 Å². The molecule has 1 atom stereocenters. The van der Waals surface area contributed by atoms with Crippen molar-refractivity contribution in [2.24, 2.45) is 0 Å². The van der Waals surface area contributed by atoms with Crippen LogP contribution in [0.1, 0.15) is 27.8 Å². The van der Waals surface area contributed by atoms with Crippen molar-refractivity contribution in [3.8, 4) is 11.4 Å². The van der Waals surface area contributed by atoms with E-state index in [9.17, 15) is 9.59 Å². The number of para-hydroxylation sites is 1. The average Bonchev–Trinajstić information content (AvgIpc) is 2.62. The fourth-order valence-corrected chi connectivity index (χ4v) is 2.89. The van der Waals surface area contributed by atoms with Crippen molar-refractivity contribution in [1.29, 1.82) is 0 Å². The highest BCUT2D eigenvalue weighted by Gasteiger charge is 2.27. The maximum absolute atomic E-state index is 12.0. The quantitative estimate of drug-likeness (QED) is 0.746. The van der Waals surface area contributed by atoms with Gasteiger partial charge >= 0.3 is 5.97 Å². The van der Waals surface area contributed by atoms with Gasteiger partial charge in [-0.1, -0.05) is 24.3 Å². The van der Waals surface area contributed by atoms with Gasteiger partial charge in [0.2, 0.25) is 0 Å². The molecule has 7 nitrogen and oxygen atoms in total. The number of fused-ring (bicyclic) bond motifs is 3. The first-order valence-electron chi connectivity index (χ1n) is 7.71. The Morgan fingerprint density at radius 2 is 1.88 bits per heavy atom. The molecule has 0 aliphatic carbocycles. The van der Waals surface area contributed by atoms with Crippen LogP contribution in [-0.2, 0) is 0 Å². The second kappa shape index (κ2) is 5.55. The lowest BCUT2D eigenvalue weighted by Crippen LogP contribution is -2.32. The lowest BCUT2D eigenvalue weighted by Gasteiger charge is -2.30. The minimum atomic E-state index is -0.979. The summed E-state index contributed by atoms with van der Waals surface area (Å²) in [7, 11) is 0. The summed E-state index contributed by atoms with van der Waals surface area (Å²) in [6.45, 7) is 1.62. The Balaban J connectivity index is 1.90. The monoisotopic (exact) mass is 334 g/mol. The Bertz CT molecular complexity index is 1040. The van der Waals surface area contributed by atoms with Crippen LogP contribution in [-0.4, -0.2) is 25.8 Å². The minimum absolute atomic E-state index is 0.211. The lowest BCUT2D eigenvalue weighted by atomic mass is 10.0. The third kappa shape index (κ3) is 2.46. The summed E-state index contributed by atoms with van der Waals surface area (Å²) in [5.41, 5.74) is 2.61. The van der Waals surface area contributed by atoms with Gasteiger partial charge in [-0.05, 0) is 36.8 Å². The smallest absolute Gasteiger partial charge is 0.335 e. The molecule has 0 amide bonds. The van der Waals surface area contributed by atoms with Crippen LogP contribution in [0.3, 0.4) is 0 Å². The largest absolute Gasteiger partial charge is 0.478 e. The predicted octanol–water partition coefficient (Wildman–Crippen LogP) is 2.28. The van der Waals surface area contributed by atoms with Gasteiger partial charge in [-0.25, -0.2) is 9.48 Å². The molecule has 0 radical (unpaired) electrons. The number of aromatic nitrogens is 3. The van der Waals surface area contributed by atoms with Crippen LogP contribution in [0.15, 0.2) is 53.3 Å². The molecule has 0 spiro atoms. The van der Waals surface area contributed by atoms with Crippen LogP contribution >= 0.6 is 0 Å². The normalized spacial score (nSPS) is 15.0. The number of anilines is 1. The number of hydrogen-bond donors (Lipinski definition) is 2. The zero-order valence-corrected chi connectivity index (χ0v) is 13.3. The van der Waals surface area contributed by atoms with Crippen LogP contribution in [0, 0.1) is 6.92 Å². The third-order valence-electron chi connectivity index (χ3n) is 4.17. The SMILES string of the molecule is Cc1nn2c(nc1=O)-c1ccccc1N[C@@H]2c1ccc(C(=O)O)cc1. The summed E-state index contributed by atoms with van der Waals surface area (Å²) in [5.74, 6) is -0.495. The van der Waals surface area contributed by atoms with Crippen molar-refractivity contribution in [3.63, 3.8) is 0 Å². The van der Waals surface area contributed by atoms with E-state index in [1.807, 2.05) is 24.3 Å². The van der Waals surface area contributed by atoms with Crippen LogP contribution < -0.4 is 10.9 Å². The van der Waals surface area contributed by atoms with Gasteiger partial charge in [0.15, 0.2) is 5.82 Å². The van der Waals surface area contributed by atoms with Crippen LogP contribution in [0.2, 0.25) is 0 Å². The molecule has 1 aliphatic rings. The fourth-order valence-electron chi connectivity index (χ4n) is 2.89. The van der Waals surface area contributed by atoms with E-state index in [4.69, 9.17) is 5.11 Å². The van der Waals surface area contributed by atoms with Crippen molar-refractivity contribution in [2.45, 2.75) is 13.1 Å². The summed E-state index contributed by atoms with van der Waals surface area (Å²) in [4.78, 5) is 27.2. The van der Waals surface area contributed by atoms with Gasteiger partial charge < -0.3 is 10.4 Å². The second-order valence-electron chi connectivity index (χ2n) is 5.79. The molecular weight excluding hydrogens is 320 g/mol. The molecule has 0 fully saturated rings. The summed E-state index contributed by atoms with van der Waals surface area (Å²) in [6.07, 6.45) is -0.389. The Hall–Kier alpha value is -3.48. The van der Waals surface area contributed by atoms with E-state index in [0.29, 0.717) is 11.5 Å². The van der Waals surface area contributed by atoms with Crippen molar-refractivity contribution in [3.05, 3.63) is 75.7 Å². The number of benzene rings is 2. The van der Waals surface area contributed by atoms with Gasteiger partial charge in [0.05, 0.1) is 5.56 Å². The molecule has 2 aromatic carbocycles. The predicted molar refractivity (Wildman–Crippen MR) is 91.6 cm³/mol. The molecule has 0 saturated heterocycles. The van der Waals surface area contributed by atoms with Crippen molar-refractivity contribution >= 4 is 11.7 Å². The van der Waals surface area contributed by atoms with E-state index in [2.05, 4.69) is 15.4 Å². The van der Waals surface area contributed by atoms with Gasteiger partial charge in [-0.3, -0.25) is 4.79 Å². The number of aromatic carboxylic acids is 1. The van der Waals surface area contributed by atoms with Crippen molar-refractivity contribution in [2.75, 3.05) is 5.32 Å². The number of rotatable bonds is 2. The topological polar surface area (TPSA) is 97.1 Å². The van der Waals surface area contributed by atoms with Crippen LogP contribution in [0.5, 0.6) is 0 Å². The second-order valence-corrected chi connectivity index (χ2v) is 5.79. The lowest BCUT2D eigenvalue weighted by molar-refractivity contribution is 0.0697. The number of nitrogens with zero attached hydrogens (tertiary/aromatic N) is 3. The molecular formula is C18H14N4O3. The Kier molecular flexibility index (Phi) is 3.35. The van der Waals surface area contributed by atoms with E-state index in [1.54, 1.807) is 35.9 Å². The summed E-state index contributed by atoms with van der Waals surface area (Å²) >= 11 is 0. The number of carboxylic acid groups (broad SMARTS) is 1. The Morgan fingerprint density at radius 3 is 2.60 bits per heavy atom. The van der Waals surface area contributed by atoms with E-state index in [1.165, 1.54) is 0 Å². The Morgan fingerprint density at radius 1 is 1.16 bits per heavy atom. The van der Waals surface area contributed by atoms with Gasteiger partial charge in [0, 0.05) is 11.3 Å². The number of carboxylic acids is 1. The van der Waals surface area contributed by atoms with E-state index >= 15 is 0 Å². The Labute approximate surface area is 142 Å².